The molecule has 2 saturated carbocycles. The van der Waals surface area contributed by atoms with Crippen molar-refractivity contribution in [3.05, 3.63) is 42.2 Å². The average Bonchev–Trinajstić information content (AvgIpc) is 3.00. The van der Waals surface area contributed by atoms with Crippen molar-refractivity contribution in [3.63, 3.8) is 0 Å². The monoisotopic (exact) mass is 546 g/mol. The lowest BCUT2D eigenvalue weighted by atomic mass is 9.68. The van der Waals surface area contributed by atoms with Gasteiger partial charge in [-0.25, -0.2) is 9.97 Å². The Hall–Kier alpha value is -2.23. The predicted molar refractivity (Wildman–Crippen MR) is 165 cm³/mol. The molecule has 0 bridgehead atoms. The summed E-state index contributed by atoms with van der Waals surface area (Å²) in [6, 6.07) is 7.66. The highest BCUT2D eigenvalue weighted by Crippen LogP contribution is 2.42. The smallest absolute Gasteiger partial charge is 0.314 e. The van der Waals surface area contributed by atoms with E-state index < -0.39 is 0 Å². The first kappa shape index (κ1) is 30.7. The Morgan fingerprint density at radius 2 is 1.30 bits per heavy atom. The van der Waals surface area contributed by atoms with Crippen LogP contribution >= 0.6 is 0 Å². The Labute approximate surface area is 244 Å². The zero-order valence-electron chi connectivity index (χ0n) is 25.4. The van der Waals surface area contributed by atoms with E-state index in [9.17, 15) is 4.79 Å². The van der Waals surface area contributed by atoms with Gasteiger partial charge in [0.1, 0.15) is 5.75 Å². The van der Waals surface area contributed by atoms with Gasteiger partial charge in [-0.1, -0.05) is 84.5 Å². The van der Waals surface area contributed by atoms with Crippen LogP contribution in [0.4, 0.5) is 0 Å². The van der Waals surface area contributed by atoms with Gasteiger partial charge in [0.15, 0.2) is 5.82 Å². The summed E-state index contributed by atoms with van der Waals surface area (Å²) in [4.78, 5) is 22.0. The number of benzene rings is 1. The van der Waals surface area contributed by atoms with Gasteiger partial charge in [0.2, 0.25) is 0 Å². The van der Waals surface area contributed by atoms with E-state index in [-0.39, 0.29) is 11.9 Å². The molecule has 4 heteroatoms. The summed E-state index contributed by atoms with van der Waals surface area (Å²) in [6.45, 7) is 4.51. The Morgan fingerprint density at radius 3 is 1.95 bits per heavy atom. The van der Waals surface area contributed by atoms with Crippen LogP contribution < -0.4 is 4.74 Å². The van der Waals surface area contributed by atoms with Gasteiger partial charge in [0, 0.05) is 18.0 Å². The van der Waals surface area contributed by atoms with Crippen molar-refractivity contribution in [1.82, 2.24) is 9.97 Å². The Kier molecular flexibility index (Phi) is 13.0. The quantitative estimate of drug-likeness (QED) is 0.127. The fourth-order valence-electron chi connectivity index (χ4n) is 7.07. The largest absolute Gasteiger partial charge is 0.426 e. The van der Waals surface area contributed by atoms with Gasteiger partial charge in [-0.3, -0.25) is 4.79 Å². The highest BCUT2D eigenvalue weighted by atomic mass is 16.5. The van der Waals surface area contributed by atoms with Gasteiger partial charge in [-0.05, 0) is 98.9 Å². The van der Waals surface area contributed by atoms with E-state index in [4.69, 9.17) is 4.74 Å². The SMILES string of the molecule is CCCCCCCC[C@H]1CC[C@H]([C@H]2CC[C@H](C(=O)Oc3ccc(-c4ncc(CCCCC)cn4)cc3)CC2)CC1. The molecule has 2 aromatic rings. The highest BCUT2D eigenvalue weighted by molar-refractivity contribution is 5.75. The lowest BCUT2D eigenvalue weighted by Crippen LogP contribution is -2.30. The molecule has 1 aromatic carbocycles. The number of carbonyl (C=O) groups excluding carboxylic acids is 1. The number of aryl methyl sites for hydroxylation is 1. The minimum absolute atomic E-state index is 0.0450. The molecule has 0 saturated heterocycles. The Balaban J connectivity index is 1.14. The average molecular weight is 547 g/mol. The van der Waals surface area contributed by atoms with E-state index in [1.165, 1.54) is 108 Å². The third kappa shape index (κ3) is 9.70. The molecule has 0 unspecified atom stereocenters. The van der Waals surface area contributed by atoms with Gasteiger partial charge in [-0.15, -0.1) is 0 Å². The molecule has 0 spiro atoms. The fourth-order valence-corrected chi connectivity index (χ4v) is 7.07. The van der Waals surface area contributed by atoms with Gasteiger partial charge in [-0.2, -0.15) is 0 Å². The van der Waals surface area contributed by atoms with Gasteiger partial charge in [0.05, 0.1) is 5.92 Å². The number of hydrogen-bond donors (Lipinski definition) is 0. The van der Waals surface area contributed by atoms with Crippen LogP contribution in [0, 0.1) is 23.7 Å². The standard InChI is InChI=1S/C36H54N2O2/c1-3-5-7-8-9-11-12-28-14-16-30(17-15-28)31-18-20-33(21-19-31)36(39)40-34-24-22-32(23-25-34)35-37-26-29(27-38-35)13-10-6-4-2/h22-28,30-31,33H,3-21H2,1-2H3/t28-,30-,31-,33-. The van der Waals surface area contributed by atoms with Crippen LogP contribution in [0.5, 0.6) is 5.75 Å². The number of rotatable bonds is 15. The number of esters is 1. The maximum atomic E-state index is 12.9. The molecule has 40 heavy (non-hydrogen) atoms. The van der Waals surface area contributed by atoms with Crippen LogP contribution in [0.25, 0.3) is 11.4 Å². The lowest BCUT2D eigenvalue weighted by molar-refractivity contribution is -0.140. The number of unbranched alkanes of at least 4 members (excludes halogenated alkanes) is 7. The molecule has 2 aliphatic carbocycles. The second kappa shape index (κ2) is 16.9. The molecule has 4 rings (SSSR count). The molecular formula is C36H54N2O2. The molecule has 2 fully saturated rings. The Bertz CT molecular complexity index is 971. The first-order valence-electron chi connectivity index (χ1n) is 16.8. The molecule has 0 aliphatic heterocycles. The number of ether oxygens (including phenoxy) is 1. The summed E-state index contributed by atoms with van der Waals surface area (Å²) in [5.74, 6) is 4.00. The molecule has 1 heterocycles. The summed E-state index contributed by atoms with van der Waals surface area (Å²) >= 11 is 0. The normalized spacial score (nSPS) is 23.1. The van der Waals surface area contributed by atoms with Crippen molar-refractivity contribution in [1.29, 1.82) is 0 Å². The maximum Gasteiger partial charge on any atom is 0.314 e. The summed E-state index contributed by atoms with van der Waals surface area (Å²) in [7, 11) is 0. The molecule has 4 nitrogen and oxygen atoms in total. The van der Waals surface area contributed by atoms with E-state index in [0.717, 1.165) is 42.6 Å². The van der Waals surface area contributed by atoms with Crippen LogP contribution in [-0.4, -0.2) is 15.9 Å². The number of hydrogen-bond acceptors (Lipinski definition) is 4. The van der Waals surface area contributed by atoms with Crippen LogP contribution in [0.1, 0.15) is 135 Å². The van der Waals surface area contributed by atoms with Crippen LogP contribution in [0.15, 0.2) is 36.7 Å². The Morgan fingerprint density at radius 1 is 0.725 bits per heavy atom. The van der Waals surface area contributed by atoms with Crippen molar-refractivity contribution in [2.24, 2.45) is 23.7 Å². The summed E-state index contributed by atoms with van der Waals surface area (Å²) < 4.78 is 5.80. The van der Waals surface area contributed by atoms with Crippen LogP contribution in [0.2, 0.25) is 0 Å². The van der Waals surface area contributed by atoms with Crippen molar-refractivity contribution in [3.8, 4) is 17.1 Å². The third-order valence-electron chi connectivity index (χ3n) is 9.73. The molecule has 0 N–H and O–H groups in total. The minimum atomic E-state index is -0.0541. The summed E-state index contributed by atoms with van der Waals surface area (Å²) in [6.07, 6.45) is 28.5. The van der Waals surface area contributed by atoms with Gasteiger partial charge < -0.3 is 4.74 Å². The predicted octanol–water partition coefficient (Wildman–Crippen LogP) is 10.1. The number of carbonyl (C=O) groups is 1. The first-order chi connectivity index (χ1) is 19.7. The summed E-state index contributed by atoms with van der Waals surface area (Å²) in [5.41, 5.74) is 2.13. The summed E-state index contributed by atoms with van der Waals surface area (Å²) in [5, 5.41) is 0. The molecule has 1 aromatic heterocycles. The van der Waals surface area contributed by atoms with Gasteiger partial charge >= 0.3 is 5.97 Å². The number of aromatic nitrogens is 2. The van der Waals surface area contributed by atoms with Crippen LogP contribution in [-0.2, 0) is 11.2 Å². The highest BCUT2D eigenvalue weighted by Gasteiger charge is 2.33. The second-order valence-electron chi connectivity index (χ2n) is 12.8. The van der Waals surface area contributed by atoms with Crippen molar-refractivity contribution in [2.45, 2.75) is 136 Å². The van der Waals surface area contributed by atoms with Gasteiger partial charge in [0.25, 0.3) is 0 Å². The maximum absolute atomic E-state index is 12.9. The molecule has 0 atom stereocenters. The fraction of sp³-hybridized carbons (Fsp3) is 0.694. The molecule has 220 valence electrons. The third-order valence-corrected chi connectivity index (χ3v) is 9.73. The number of nitrogens with zero attached hydrogens (tertiary/aromatic N) is 2. The van der Waals surface area contributed by atoms with Crippen molar-refractivity contribution >= 4 is 5.97 Å². The molecule has 2 aliphatic rings. The van der Waals surface area contributed by atoms with E-state index in [0.29, 0.717) is 11.6 Å². The second-order valence-corrected chi connectivity index (χ2v) is 12.8. The zero-order chi connectivity index (χ0) is 28.0. The molecule has 0 radical (unpaired) electrons. The zero-order valence-corrected chi connectivity index (χ0v) is 25.4. The first-order valence-corrected chi connectivity index (χ1v) is 16.8. The van der Waals surface area contributed by atoms with E-state index in [1.807, 2.05) is 36.7 Å². The van der Waals surface area contributed by atoms with Crippen molar-refractivity contribution < 1.29 is 9.53 Å². The molecule has 0 amide bonds. The topological polar surface area (TPSA) is 52.1 Å². The lowest BCUT2D eigenvalue weighted by Gasteiger charge is -2.37. The van der Waals surface area contributed by atoms with Crippen LogP contribution in [0.3, 0.4) is 0 Å². The van der Waals surface area contributed by atoms with E-state index >= 15 is 0 Å². The molecular weight excluding hydrogens is 492 g/mol. The minimum Gasteiger partial charge on any atom is -0.426 e. The van der Waals surface area contributed by atoms with E-state index in [1.54, 1.807) is 0 Å². The van der Waals surface area contributed by atoms with E-state index in [2.05, 4.69) is 23.8 Å². The van der Waals surface area contributed by atoms with Crippen molar-refractivity contribution in [2.75, 3.05) is 0 Å².